The number of aliphatic carboxylic acids is 1. The molecule has 1 aliphatic rings. The van der Waals surface area contributed by atoms with E-state index in [9.17, 15) is 19.1 Å². The van der Waals surface area contributed by atoms with Crippen LogP contribution >= 0.6 is 0 Å². The number of carbonyl (C=O) groups is 2. The second-order valence-corrected chi connectivity index (χ2v) is 4.79. The number of carbonyl (C=O) groups excluding carboxylic acids is 1. The van der Waals surface area contributed by atoms with Crippen molar-refractivity contribution in [1.29, 1.82) is 0 Å². The van der Waals surface area contributed by atoms with Crippen molar-refractivity contribution in [3.8, 4) is 5.75 Å². The van der Waals surface area contributed by atoms with Crippen LogP contribution in [0, 0.1) is 5.82 Å². The van der Waals surface area contributed by atoms with E-state index in [2.05, 4.69) is 0 Å². The molecule has 1 unspecified atom stereocenters. The van der Waals surface area contributed by atoms with Gasteiger partial charge in [-0.3, -0.25) is 4.79 Å². The molecule has 0 radical (unpaired) electrons. The Bertz CT molecular complexity index is 542. The maximum atomic E-state index is 13.7. The van der Waals surface area contributed by atoms with Crippen molar-refractivity contribution in [2.75, 3.05) is 7.11 Å². The summed E-state index contributed by atoms with van der Waals surface area (Å²) in [5, 5.41) is 9.39. The molecule has 5 nitrogen and oxygen atoms in total. The third-order valence-electron chi connectivity index (χ3n) is 3.31. The highest BCUT2D eigenvalue weighted by atomic mass is 19.1. The van der Waals surface area contributed by atoms with E-state index < -0.39 is 17.8 Å². The standard InChI is InChI=1S/C14H16FNO4/c1-8(17)16(10-4-5-10)13(14(18)19)9-3-6-12(20-2)11(15)7-9/h3,6-7,10,13H,4-5H2,1-2H3,(H,18,19). The molecule has 1 saturated carbocycles. The first-order chi connectivity index (χ1) is 9.45. The van der Waals surface area contributed by atoms with Gasteiger partial charge >= 0.3 is 5.97 Å². The molecule has 0 aromatic heterocycles. The van der Waals surface area contributed by atoms with E-state index in [1.807, 2.05) is 0 Å². The molecule has 1 fully saturated rings. The number of hydrogen-bond acceptors (Lipinski definition) is 3. The fraction of sp³-hybridized carbons (Fsp3) is 0.429. The Kier molecular flexibility index (Phi) is 3.92. The minimum atomic E-state index is -1.17. The SMILES string of the molecule is COc1ccc(C(C(=O)O)N(C(C)=O)C2CC2)cc1F. The maximum Gasteiger partial charge on any atom is 0.331 e. The topological polar surface area (TPSA) is 66.8 Å². The monoisotopic (exact) mass is 281 g/mol. The number of nitrogens with zero attached hydrogens (tertiary/aromatic N) is 1. The van der Waals surface area contributed by atoms with Crippen LogP contribution in [-0.2, 0) is 9.59 Å². The van der Waals surface area contributed by atoms with Gasteiger partial charge in [-0.1, -0.05) is 6.07 Å². The third kappa shape index (κ3) is 2.74. The molecule has 1 atom stereocenters. The van der Waals surface area contributed by atoms with Gasteiger partial charge in [-0.2, -0.15) is 0 Å². The summed E-state index contributed by atoms with van der Waals surface area (Å²) in [5.74, 6) is -2.10. The van der Waals surface area contributed by atoms with Crippen LogP contribution in [-0.4, -0.2) is 35.0 Å². The zero-order valence-electron chi connectivity index (χ0n) is 11.3. The zero-order chi connectivity index (χ0) is 14.9. The van der Waals surface area contributed by atoms with E-state index in [4.69, 9.17) is 4.74 Å². The first-order valence-electron chi connectivity index (χ1n) is 6.31. The normalized spacial score (nSPS) is 15.6. The van der Waals surface area contributed by atoms with Gasteiger partial charge in [-0.25, -0.2) is 9.18 Å². The number of hydrogen-bond donors (Lipinski definition) is 1. The van der Waals surface area contributed by atoms with E-state index in [0.717, 1.165) is 18.9 Å². The highest BCUT2D eigenvalue weighted by molar-refractivity contribution is 5.84. The third-order valence-corrected chi connectivity index (χ3v) is 3.31. The number of ether oxygens (including phenoxy) is 1. The lowest BCUT2D eigenvalue weighted by atomic mass is 10.0. The van der Waals surface area contributed by atoms with Gasteiger partial charge in [0.1, 0.15) is 0 Å². The quantitative estimate of drug-likeness (QED) is 0.896. The van der Waals surface area contributed by atoms with Crippen molar-refractivity contribution >= 4 is 11.9 Å². The van der Waals surface area contributed by atoms with Crippen LogP contribution in [0.15, 0.2) is 18.2 Å². The van der Waals surface area contributed by atoms with E-state index in [1.54, 1.807) is 0 Å². The molecule has 0 heterocycles. The van der Waals surface area contributed by atoms with E-state index in [1.165, 1.54) is 31.1 Å². The summed E-state index contributed by atoms with van der Waals surface area (Å²) in [6.07, 6.45) is 1.56. The Balaban J connectivity index is 2.39. The van der Waals surface area contributed by atoms with Gasteiger partial charge in [-0.05, 0) is 30.5 Å². The Morgan fingerprint density at radius 1 is 1.45 bits per heavy atom. The van der Waals surface area contributed by atoms with Crippen LogP contribution in [0.2, 0.25) is 0 Å². The van der Waals surface area contributed by atoms with Crippen molar-refractivity contribution in [2.24, 2.45) is 0 Å². The molecule has 0 bridgehead atoms. The molecule has 0 spiro atoms. The van der Waals surface area contributed by atoms with Crippen molar-refractivity contribution in [3.05, 3.63) is 29.6 Å². The minimum absolute atomic E-state index is 0.0404. The van der Waals surface area contributed by atoms with Crippen molar-refractivity contribution < 1.29 is 23.8 Å². The van der Waals surface area contributed by atoms with Gasteiger partial charge < -0.3 is 14.7 Å². The van der Waals surface area contributed by atoms with Crippen molar-refractivity contribution in [1.82, 2.24) is 4.90 Å². The average molecular weight is 281 g/mol. The fourth-order valence-electron chi connectivity index (χ4n) is 2.28. The van der Waals surface area contributed by atoms with E-state index in [0.29, 0.717) is 0 Å². The molecule has 108 valence electrons. The second-order valence-electron chi connectivity index (χ2n) is 4.79. The summed E-state index contributed by atoms with van der Waals surface area (Å²) in [6.45, 7) is 1.33. The fourth-order valence-corrected chi connectivity index (χ4v) is 2.28. The smallest absolute Gasteiger partial charge is 0.331 e. The first kappa shape index (κ1) is 14.3. The van der Waals surface area contributed by atoms with Crippen molar-refractivity contribution in [2.45, 2.75) is 31.8 Å². The van der Waals surface area contributed by atoms with Gasteiger partial charge in [0.25, 0.3) is 0 Å². The molecule has 0 saturated heterocycles. The Labute approximate surface area is 116 Å². The molecule has 6 heteroatoms. The number of amides is 1. The van der Waals surface area contributed by atoms with Crippen molar-refractivity contribution in [3.63, 3.8) is 0 Å². The van der Waals surface area contributed by atoms with Crippen LogP contribution < -0.4 is 4.74 Å². The Morgan fingerprint density at radius 2 is 2.10 bits per heavy atom. The molecular formula is C14H16FNO4. The molecule has 1 N–H and O–H groups in total. The summed E-state index contributed by atoms with van der Waals surface area (Å²) in [5.41, 5.74) is 0.234. The van der Waals surface area contributed by atoms with Crippen LogP contribution in [0.3, 0.4) is 0 Å². The lowest BCUT2D eigenvalue weighted by Crippen LogP contribution is -2.39. The average Bonchev–Trinajstić information content (AvgIpc) is 3.18. The Morgan fingerprint density at radius 3 is 2.50 bits per heavy atom. The van der Waals surface area contributed by atoms with Crippen LogP contribution in [0.25, 0.3) is 0 Å². The molecule has 1 amide bonds. The summed E-state index contributed by atoms with van der Waals surface area (Å²) in [6, 6.07) is 2.71. The lowest BCUT2D eigenvalue weighted by molar-refractivity contribution is -0.150. The van der Waals surface area contributed by atoms with Gasteiger partial charge in [0.2, 0.25) is 5.91 Å². The maximum absolute atomic E-state index is 13.7. The predicted molar refractivity (Wildman–Crippen MR) is 68.9 cm³/mol. The molecule has 20 heavy (non-hydrogen) atoms. The van der Waals surface area contributed by atoms with Gasteiger partial charge in [0.15, 0.2) is 17.6 Å². The molecule has 1 aromatic carbocycles. The molecule has 0 aliphatic heterocycles. The lowest BCUT2D eigenvalue weighted by Gasteiger charge is -2.28. The van der Waals surface area contributed by atoms with Crippen LogP contribution in [0.4, 0.5) is 4.39 Å². The summed E-state index contributed by atoms with van der Waals surface area (Å²) < 4.78 is 18.5. The van der Waals surface area contributed by atoms with E-state index >= 15 is 0 Å². The molecule has 1 aliphatic carbocycles. The predicted octanol–water partition coefficient (Wildman–Crippen LogP) is 1.97. The molecule has 1 aromatic rings. The Hall–Kier alpha value is -2.11. The minimum Gasteiger partial charge on any atom is -0.494 e. The summed E-state index contributed by atoms with van der Waals surface area (Å²) in [4.78, 5) is 24.5. The number of benzene rings is 1. The van der Waals surface area contributed by atoms with Crippen LogP contribution in [0.1, 0.15) is 31.4 Å². The number of methoxy groups -OCH3 is 1. The van der Waals surface area contributed by atoms with Gasteiger partial charge in [0, 0.05) is 13.0 Å². The number of carboxylic acid groups (broad SMARTS) is 1. The largest absolute Gasteiger partial charge is 0.494 e. The summed E-state index contributed by atoms with van der Waals surface area (Å²) >= 11 is 0. The molecule has 2 rings (SSSR count). The molecular weight excluding hydrogens is 265 g/mol. The van der Waals surface area contributed by atoms with E-state index in [-0.39, 0.29) is 23.3 Å². The van der Waals surface area contributed by atoms with Crippen LogP contribution in [0.5, 0.6) is 5.75 Å². The second kappa shape index (κ2) is 5.48. The number of carboxylic acids is 1. The first-order valence-corrected chi connectivity index (χ1v) is 6.31. The summed E-state index contributed by atoms with van der Waals surface area (Å²) in [7, 11) is 1.33. The zero-order valence-corrected chi connectivity index (χ0v) is 11.3. The van der Waals surface area contributed by atoms with Gasteiger partial charge in [-0.15, -0.1) is 0 Å². The highest BCUT2D eigenvalue weighted by Gasteiger charge is 2.40. The number of halogens is 1. The number of rotatable bonds is 5. The van der Waals surface area contributed by atoms with Gasteiger partial charge in [0.05, 0.1) is 7.11 Å². The highest BCUT2D eigenvalue weighted by Crippen LogP contribution is 2.35.